The highest BCUT2D eigenvalue weighted by atomic mass is 35.5. The smallest absolute Gasteiger partial charge is 0.263 e. The zero-order chi connectivity index (χ0) is 13.7. The SMILES string of the molecule is Cc1cccc(OC(C)C(=O)N2CCCNCC2)c1.Cl. The number of nitrogens with zero attached hydrogens (tertiary/aromatic N) is 1. The van der Waals surface area contributed by atoms with Crippen LogP contribution in [-0.2, 0) is 4.79 Å². The summed E-state index contributed by atoms with van der Waals surface area (Å²) in [7, 11) is 0. The van der Waals surface area contributed by atoms with E-state index in [-0.39, 0.29) is 18.3 Å². The van der Waals surface area contributed by atoms with Crippen molar-refractivity contribution in [3.63, 3.8) is 0 Å². The molecule has 1 fully saturated rings. The molecular formula is C15H23ClN2O2. The largest absolute Gasteiger partial charge is 0.481 e. The normalized spacial score (nSPS) is 16.8. The molecule has 1 aliphatic rings. The third-order valence-electron chi connectivity index (χ3n) is 3.30. The van der Waals surface area contributed by atoms with Crippen molar-refractivity contribution in [3.05, 3.63) is 29.8 Å². The molecule has 1 unspecified atom stereocenters. The molecule has 1 aliphatic heterocycles. The van der Waals surface area contributed by atoms with Gasteiger partial charge in [0.25, 0.3) is 5.91 Å². The van der Waals surface area contributed by atoms with Crippen molar-refractivity contribution in [1.29, 1.82) is 0 Å². The van der Waals surface area contributed by atoms with Gasteiger partial charge in [0.2, 0.25) is 0 Å². The van der Waals surface area contributed by atoms with Crippen molar-refractivity contribution >= 4 is 18.3 Å². The van der Waals surface area contributed by atoms with Crippen molar-refractivity contribution in [2.24, 2.45) is 0 Å². The Bertz CT molecular complexity index is 432. The number of hydrogen-bond acceptors (Lipinski definition) is 3. The average molecular weight is 299 g/mol. The second-order valence-electron chi connectivity index (χ2n) is 5.01. The van der Waals surface area contributed by atoms with Crippen LogP contribution in [0.3, 0.4) is 0 Å². The lowest BCUT2D eigenvalue weighted by atomic mass is 10.2. The van der Waals surface area contributed by atoms with E-state index in [1.54, 1.807) is 0 Å². The van der Waals surface area contributed by atoms with E-state index >= 15 is 0 Å². The van der Waals surface area contributed by atoms with Gasteiger partial charge in [0.15, 0.2) is 6.10 Å². The maximum absolute atomic E-state index is 12.3. The van der Waals surface area contributed by atoms with Gasteiger partial charge in [-0.1, -0.05) is 12.1 Å². The van der Waals surface area contributed by atoms with E-state index in [0.29, 0.717) is 0 Å². The van der Waals surface area contributed by atoms with Crippen molar-refractivity contribution in [1.82, 2.24) is 10.2 Å². The van der Waals surface area contributed by atoms with Gasteiger partial charge in [-0.3, -0.25) is 4.79 Å². The number of carbonyl (C=O) groups excluding carboxylic acids is 1. The van der Waals surface area contributed by atoms with E-state index < -0.39 is 6.10 Å². The van der Waals surface area contributed by atoms with Crippen molar-refractivity contribution in [3.8, 4) is 5.75 Å². The van der Waals surface area contributed by atoms with Gasteiger partial charge >= 0.3 is 0 Å². The number of hydrogen-bond donors (Lipinski definition) is 1. The molecule has 1 atom stereocenters. The maximum atomic E-state index is 12.3. The molecule has 4 nitrogen and oxygen atoms in total. The predicted molar refractivity (Wildman–Crippen MR) is 82.6 cm³/mol. The second kappa shape index (κ2) is 8.12. The molecule has 0 bridgehead atoms. The Morgan fingerprint density at radius 3 is 2.90 bits per heavy atom. The fourth-order valence-corrected chi connectivity index (χ4v) is 2.27. The highest BCUT2D eigenvalue weighted by molar-refractivity contribution is 5.85. The number of nitrogens with one attached hydrogen (secondary N) is 1. The molecule has 2 rings (SSSR count). The van der Waals surface area contributed by atoms with Crippen LogP contribution in [0.2, 0.25) is 0 Å². The first-order valence-electron chi connectivity index (χ1n) is 6.89. The fraction of sp³-hybridized carbons (Fsp3) is 0.533. The van der Waals surface area contributed by atoms with E-state index in [0.717, 1.165) is 43.9 Å². The number of carbonyl (C=O) groups is 1. The fourth-order valence-electron chi connectivity index (χ4n) is 2.27. The third-order valence-corrected chi connectivity index (χ3v) is 3.30. The van der Waals surface area contributed by atoms with Crippen LogP contribution >= 0.6 is 12.4 Å². The van der Waals surface area contributed by atoms with Gasteiger partial charge in [-0.15, -0.1) is 12.4 Å². The molecule has 1 amide bonds. The van der Waals surface area contributed by atoms with Gasteiger partial charge in [-0.05, 0) is 44.5 Å². The lowest BCUT2D eigenvalue weighted by Gasteiger charge is -2.24. The first-order valence-corrected chi connectivity index (χ1v) is 6.89. The zero-order valence-corrected chi connectivity index (χ0v) is 12.9. The van der Waals surface area contributed by atoms with Crippen molar-refractivity contribution in [2.45, 2.75) is 26.4 Å². The minimum Gasteiger partial charge on any atom is -0.481 e. The topological polar surface area (TPSA) is 41.6 Å². The summed E-state index contributed by atoms with van der Waals surface area (Å²) < 4.78 is 5.74. The number of ether oxygens (including phenoxy) is 1. The molecule has 0 radical (unpaired) electrons. The summed E-state index contributed by atoms with van der Waals surface area (Å²) in [6, 6.07) is 7.80. The molecule has 0 aliphatic carbocycles. The second-order valence-corrected chi connectivity index (χ2v) is 5.01. The summed E-state index contributed by atoms with van der Waals surface area (Å²) in [5, 5.41) is 3.29. The summed E-state index contributed by atoms with van der Waals surface area (Å²) in [6.07, 6.45) is 0.572. The van der Waals surface area contributed by atoms with Crippen LogP contribution in [0.15, 0.2) is 24.3 Å². The van der Waals surface area contributed by atoms with Crippen LogP contribution in [0.4, 0.5) is 0 Å². The molecule has 0 spiro atoms. The highest BCUT2D eigenvalue weighted by Gasteiger charge is 2.22. The molecule has 1 aromatic rings. The molecule has 5 heteroatoms. The maximum Gasteiger partial charge on any atom is 0.263 e. The van der Waals surface area contributed by atoms with Gasteiger partial charge in [0.05, 0.1) is 0 Å². The lowest BCUT2D eigenvalue weighted by molar-refractivity contribution is -0.137. The number of amides is 1. The first-order chi connectivity index (χ1) is 9.16. The molecule has 0 aromatic heterocycles. The lowest BCUT2D eigenvalue weighted by Crippen LogP contribution is -2.42. The van der Waals surface area contributed by atoms with Crippen LogP contribution < -0.4 is 10.1 Å². The predicted octanol–water partition coefficient (Wildman–Crippen LogP) is 2.01. The third kappa shape index (κ3) is 4.69. The molecule has 1 heterocycles. The monoisotopic (exact) mass is 298 g/mol. The summed E-state index contributed by atoms with van der Waals surface area (Å²) >= 11 is 0. The van der Waals surface area contributed by atoms with E-state index in [9.17, 15) is 4.79 Å². The molecule has 1 saturated heterocycles. The molecule has 112 valence electrons. The van der Waals surface area contributed by atoms with Crippen molar-refractivity contribution in [2.75, 3.05) is 26.2 Å². The summed E-state index contributed by atoms with van der Waals surface area (Å²) in [4.78, 5) is 14.2. The van der Waals surface area contributed by atoms with E-state index in [1.807, 2.05) is 43.0 Å². The van der Waals surface area contributed by atoms with Gasteiger partial charge in [-0.25, -0.2) is 0 Å². The van der Waals surface area contributed by atoms with Crippen LogP contribution in [0.5, 0.6) is 5.75 Å². The van der Waals surface area contributed by atoms with Gasteiger partial charge < -0.3 is 15.0 Å². The standard InChI is InChI=1S/C15H22N2O2.ClH/c1-12-5-3-6-14(11-12)19-13(2)15(18)17-9-4-7-16-8-10-17;/h3,5-6,11,13,16H,4,7-10H2,1-2H3;1H. The zero-order valence-electron chi connectivity index (χ0n) is 12.1. The molecule has 1 N–H and O–H groups in total. The summed E-state index contributed by atoms with van der Waals surface area (Å²) in [5.41, 5.74) is 1.14. The van der Waals surface area contributed by atoms with Crippen molar-refractivity contribution < 1.29 is 9.53 Å². The van der Waals surface area contributed by atoms with Crippen LogP contribution in [0, 0.1) is 6.92 Å². The highest BCUT2D eigenvalue weighted by Crippen LogP contribution is 2.15. The molecule has 1 aromatic carbocycles. The Balaban J connectivity index is 0.00000200. The van der Waals surface area contributed by atoms with Gasteiger partial charge in [0.1, 0.15) is 5.75 Å². The Morgan fingerprint density at radius 2 is 2.15 bits per heavy atom. The minimum absolute atomic E-state index is 0. The van der Waals surface area contributed by atoms with E-state index in [2.05, 4.69) is 5.32 Å². The number of rotatable bonds is 3. The Kier molecular flexibility index (Phi) is 6.82. The Labute approximate surface area is 126 Å². The first kappa shape index (κ1) is 16.8. The van der Waals surface area contributed by atoms with Crippen LogP contribution in [0.1, 0.15) is 18.9 Å². The average Bonchev–Trinajstić information content (AvgIpc) is 2.66. The molecule has 0 saturated carbocycles. The quantitative estimate of drug-likeness (QED) is 0.928. The molecule has 20 heavy (non-hydrogen) atoms. The Hall–Kier alpha value is -1.26. The van der Waals surface area contributed by atoms with Gasteiger partial charge in [-0.2, -0.15) is 0 Å². The molecular weight excluding hydrogens is 276 g/mol. The number of halogens is 1. The van der Waals surface area contributed by atoms with E-state index in [1.165, 1.54) is 0 Å². The minimum atomic E-state index is -0.431. The summed E-state index contributed by atoms with van der Waals surface area (Å²) in [5.74, 6) is 0.832. The Morgan fingerprint density at radius 1 is 1.35 bits per heavy atom. The number of benzene rings is 1. The van der Waals surface area contributed by atoms with Gasteiger partial charge in [0, 0.05) is 19.6 Å². The van der Waals surface area contributed by atoms with Crippen LogP contribution in [-0.4, -0.2) is 43.1 Å². The van der Waals surface area contributed by atoms with E-state index in [4.69, 9.17) is 4.74 Å². The van der Waals surface area contributed by atoms with Crippen LogP contribution in [0.25, 0.3) is 0 Å². The summed E-state index contributed by atoms with van der Waals surface area (Å²) in [6.45, 7) is 7.26. The number of aryl methyl sites for hydroxylation is 1.